The maximum Gasteiger partial charge on any atom is 0.0229 e. The molecule has 122 valence electrons. The number of rotatable bonds is 4. The molecule has 1 heteroatoms. The van der Waals surface area contributed by atoms with Crippen LogP contribution in [0.3, 0.4) is 0 Å². The first-order valence-corrected chi connectivity index (χ1v) is 11.6. The van der Waals surface area contributed by atoms with Crippen molar-refractivity contribution in [3.05, 3.63) is 35.4 Å². The number of benzene rings is 1. The molecule has 0 atom stereocenters. The molecule has 2 aliphatic carbocycles. The first-order valence-electron chi connectivity index (χ1n) is 9.82. The third-order valence-corrected chi connectivity index (χ3v) is 8.79. The molecule has 0 unspecified atom stereocenters. The van der Waals surface area contributed by atoms with Gasteiger partial charge >= 0.3 is 0 Å². The van der Waals surface area contributed by atoms with E-state index in [2.05, 4.69) is 38.1 Å². The van der Waals surface area contributed by atoms with E-state index in [-0.39, 0.29) is 9.52 Å². The standard InChI is InChI=1S/C21H34Si/c1-3-22-21-14-12-20(13-15-21)19-10-8-18(9-11-19)17-6-4-16(2)5-7-17/h4-7,18-21H,3,8-15,22H2,1-2H3/t18-,19-,20-,21-. The van der Waals surface area contributed by atoms with Gasteiger partial charge in [-0.25, -0.2) is 0 Å². The van der Waals surface area contributed by atoms with Gasteiger partial charge in [-0.1, -0.05) is 74.0 Å². The molecule has 2 fully saturated rings. The molecule has 0 nitrogen and oxygen atoms in total. The fourth-order valence-corrected chi connectivity index (χ4v) is 6.98. The third-order valence-electron chi connectivity index (χ3n) is 6.58. The van der Waals surface area contributed by atoms with Crippen LogP contribution in [0.5, 0.6) is 0 Å². The molecule has 3 rings (SSSR count). The molecular weight excluding hydrogens is 280 g/mol. The maximum atomic E-state index is 2.41. The summed E-state index contributed by atoms with van der Waals surface area (Å²) in [5.74, 6) is 2.99. The summed E-state index contributed by atoms with van der Waals surface area (Å²) in [6.07, 6.45) is 12.2. The SMILES string of the molecule is CC[SiH2][C@H]1CC[C@H]([C@H]2CC[C@H](c3ccc(C)cc3)CC2)CC1. The summed E-state index contributed by atoms with van der Waals surface area (Å²) in [6, 6.07) is 10.9. The first-order chi connectivity index (χ1) is 10.8. The van der Waals surface area contributed by atoms with Gasteiger partial charge in [-0.2, -0.15) is 0 Å². The highest BCUT2D eigenvalue weighted by molar-refractivity contribution is 6.37. The lowest BCUT2D eigenvalue weighted by molar-refractivity contribution is 0.186. The molecule has 2 saturated carbocycles. The van der Waals surface area contributed by atoms with Gasteiger partial charge in [0, 0.05) is 9.52 Å². The Balaban J connectivity index is 1.47. The molecule has 2 aliphatic rings. The fraction of sp³-hybridized carbons (Fsp3) is 0.714. The van der Waals surface area contributed by atoms with E-state index in [0.717, 1.165) is 17.8 Å². The van der Waals surface area contributed by atoms with Crippen LogP contribution in [0.2, 0.25) is 11.6 Å². The van der Waals surface area contributed by atoms with Gasteiger partial charge in [-0.15, -0.1) is 0 Å². The molecule has 1 aromatic carbocycles. The highest BCUT2D eigenvalue weighted by Crippen LogP contribution is 2.44. The van der Waals surface area contributed by atoms with Crippen molar-refractivity contribution in [3.63, 3.8) is 0 Å². The van der Waals surface area contributed by atoms with Crippen molar-refractivity contribution in [1.82, 2.24) is 0 Å². The summed E-state index contributed by atoms with van der Waals surface area (Å²) < 4.78 is 0. The Hall–Kier alpha value is -0.563. The highest BCUT2D eigenvalue weighted by atomic mass is 28.2. The van der Waals surface area contributed by atoms with E-state index >= 15 is 0 Å². The number of aryl methyl sites for hydroxylation is 1. The average Bonchev–Trinajstić information content (AvgIpc) is 2.57. The van der Waals surface area contributed by atoms with E-state index in [1.165, 1.54) is 42.8 Å². The number of hydrogen-bond donors (Lipinski definition) is 0. The maximum absolute atomic E-state index is 2.41. The zero-order valence-electron chi connectivity index (χ0n) is 14.7. The largest absolute Gasteiger partial charge is 0.0683 e. The van der Waals surface area contributed by atoms with E-state index in [1.54, 1.807) is 31.2 Å². The monoisotopic (exact) mass is 314 g/mol. The summed E-state index contributed by atoms with van der Waals surface area (Å²) in [7, 11) is 0.278. The quantitative estimate of drug-likeness (QED) is 0.611. The Morgan fingerprint density at radius 1 is 0.818 bits per heavy atom. The predicted molar refractivity (Wildman–Crippen MR) is 101 cm³/mol. The van der Waals surface area contributed by atoms with Crippen molar-refractivity contribution < 1.29 is 0 Å². The van der Waals surface area contributed by atoms with Crippen LogP contribution in [-0.2, 0) is 0 Å². The average molecular weight is 315 g/mol. The molecule has 0 saturated heterocycles. The van der Waals surface area contributed by atoms with Gasteiger partial charge in [-0.3, -0.25) is 0 Å². The lowest BCUT2D eigenvalue weighted by Crippen LogP contribution is -2.25. The van der Waals surface area contributed by atoms with Crippen LogP contribution in [-0.4, -0.2) is 9.52 Å². The molecule has 0 N–H and O–H groups in total. The van der Waals surface area contributed by atoms with Gasteiger partial charge in [-0.05, 0) is 55.9 Å². The smallest absolute Gasteiger partial charge is 0.0229 e. The van der Waals surface area contributed by atoms with Gasteiger partial charge in [0.25, 0.3) is 0 Å². The fourth-order valence-electron chi connectivity index (χ4n) is 5.12. The van der Waals surface area contributed by atoms with Crippen LogP contribution < -0.4 is 0 Å². The van der Waals surface area contributed by atoms with E-state index < -0.39 is 0 Å². The molecule has 0 amide bonds. The van der Waals surface area contributed by atoms with Crippen molar-refractivity contribution >= 4 is 9.52 Å². The van der Waals surface area contributed by atoms with E-state index in [4.69, 9.17) is 0 Å². The Morgan fingerprint density at radius 2 is 1.36 bits per heavy atom. The summed E-state index contributed by atoms with van der Waals surface area (Å²) in [6.45, 7) is 4.60. The van der Waals surface area contributed by atoms with Gasteiger partial charge in [0.2, 0.25) is 0 Å². The van der Waals surface area contributed by atoms with Crippen LogP contribution in [0.1, 0.15) is 75.3 Å². The Bertz CT molecular complexity index is 433. The molecule has 0 aromatic heterocycles. The normalized spacial score (nSPS) is 33.4. The van der Waals surface area contributed by atoms with Crippen LogP contribution >= 0.6 is 0 Å². The second-order valence-electron chi connectivity index (χ2n) is 8.09. The molecule has 0 aliphatic heterocycles. The van der Waals surface area contributed by atoms with Gasteiger partial charge in [0.1, 0.15) is 0 Å². The van der Waals surface area contributed by atoms with Crippen LogP contribution in [0.4, 0.5) is 0 Å². The Labute approximate surface area is 139 Å². The lowest BCUT2D eigenvalue weighted by atomic mass is 9.70. The zero-order chi connectivity index (χ0) is 15.4. The van der Waals surface area contributed by atoms with Crippen molar-refractivity contribution in [3.8, 4) is 0 Å². The number of hydrogen-bond acceptors (Lipinski definition) is 0. The molecule has 1 aromatic rings. The van der Waals surface area contributed by atoms with Gasteiger partial charge in [0.15, 0.2) is 0 Å². The molecule has 0 bridgehead atoms. The highest BCUT2D eigenvalue weighted by Gasteiger charge is 2.30. The predicted octanol–water partition coefficient (Wildman–Crippen LogP) is 5.85. The molecule has 22 heavy (non-hydrogen) atoms. The molecule has 0 radical (unpaired) electrons. The van der Waals surface area contributed by atoms with Crippen LogP contribution in [0, 0.1) is 18.8 Å². The van der Waals surface area contributed by atoms with Crippen molar-refractivity contribution in [2.45, 2.75) is 82.7 Å². The second kappa shape index (κ2) is 7.81. The molecule has 0 spiro atoms. The van der Waals surface area contributed by atoms with Gasteiger partial charge in [0.05, 0.1) is 0 Å². The van der Waals surface area contributed by atoms with Crippen LogP contribution in [0.15, 0.2) is 24.3 Å². The molecular formula is C21H34Si. The van der Waals surface area contributed by atoms with Gasteiger partial charge < -0.3 is 0 Å². The summed E-state index contributed by atoms with van der Waals surface area (Å²) >= 11 is 0. The summed E-state index contributed by atoms with van der Waals surface area (Å²) in [5.41, 5.74) is 4.19. The van der Waals surface area contributed by atoms with Crippen LogP contribution in [0.25, 0.3) is 0 Å². The topological polar surface area (TPSA) is 0 Å². The summed E-state index contributed by atoms with van der Waals surface area (Å²) in [5, 5.41) is 0. The minimum atomic E-state index is 0.278. The minimum Gasteiger partial charge on any atom is -0.0683 e. The van der Waals surface area contributed by atoms with E-state index in [1.807, 2.05) is 0 Å². The molecule has 0 heterocycles. The lowest BCUT2D eigenvalue weighted by Gasteiger charge is -2.38. The second-order valence-corrected chi connectivity index (χ2v) is 10.8. The zero-order valence-corrected chi connectivity index (χ0v) is 16.1. The van der Waals surface area contributed by atoms with Crippen molar-refractivity contribution in [1.29, 1.82) is 0 Å². The summed E-state index contributed by atoms with van der Waals surface area (Å²) in [4.78, 5) is 0. The van der Waals surface area contributed by atoms with E-state index in [9.17, 15) is 0 Å². The first kappa shape index (κ1) is 16.3. The van der Waals surface area contributed by atoms with Crippen molar-refractivity contribution in [2.75, 3.05) is 0 Å². The van der Waals surface area contributed by atoms with E-state index in [0.29, 0.717) is 0 Å². The Kier molecular flexibility index (Phi) is 5.79. The Morgan fingerprint density at radius 3 is 1.91 bits per heavy atom. The van der Waals surface area contributed by atoms with Crippen molar-refractivity contribution in [2.24, 2.45) is 11.8 Å². The minimum absolute atomic E-state index is 0.278. The third kappa shape index (κ3) is 4.04.